The second-order valence-corrected chi connectivity index (χ2v) is 7.06. The van der Waals surface area contributed by atoms with Gasteiger partial charge in [-0.05, 0) is 42.1 Å². The van der Waals surface area contributed by atoms with Gasteiger partial charge in [0.15, 0.2) is 0 Å². The van der Waals surface area contributed by atoms with Crippen molar-refractivity contribution in [3.05, 3.63) is 51.7 Å². The molecule has 24 heavy (non-hydrogen) atoms. The Balaban J connectivity index is 1.71. The van der Waals surface area contributed by atoms with Crippen molar-refractivity contribution in [1.29, 1.82) is 5.26 Å². The Kier molecular flexibility index (Phi) is 4.93. The highest BCUT2D eigenvalue weighted by atomic mass is 32.1. The van der Waals surface area contributed by atoms with Crippen molar-refractivity contribution in [2.24, 2.45) is 0 Å². The fraction of sp³-hybridized carbons (Fsp3) is 0.333. The lowest BCUT2D eigenvalue weighted by atomic mass is 9.97. The molecule has 1 aromatic carbocycles. The fourth-order valence-corrected chi connectivity index (χ4v) is 4.11. The number of rotatable bonds is 4. The molecule has 0 aliphatic carbocycles. The molecule has 2 N–H and O–H groups in total. The second kappa shape index (κ2) is 7.12. The lowest BCUT2D eigenvalue weighted by Crippen LogP contribution is -2.22. The first-order valence-corrected chi connectivity index (χ1v) is 8.70. The molecular weight excluding hydrogens is 325 g/mol. The highest BCUT2D eigenvalue weighted by Crippen LogP contribution is 2.35. The number of anilines is 1. The van der Waals surface area contributed by atoms with Crippen molar-refractivity contribution in [3.63, 3.8) is 0 Å². The molecule has 1 aliphatic heterocycles. The number of carbonyl (C=O) groups excluding carboxylic acids is 1. The van der Waals surface area contributed by atoms with E-state index in [2.05, 4.69) is 16.7 Å². The molecule has 2 aromatic rings. The van der Waals surface area contributed by atoms with Gasteiger partial charge in [-0.25, -0.2) is 4.39 Å². The summed E-state index contributed by atoms with van der Waals surface area (Å²) in [7, 11) is 0. The summed E-state index contributed by atoms with van der Waals surface area (Å²) in [4.78, 5) is 13.5. The highest BCUT2D eigenvalue weighted by molar-refractivity contribution is 7.16. The third kappa shape index (κ3) is 3.48. The first-order valence-electron chi connectivity index (χ1n) is 7.89. The predicted molar refractivity (Wildman–Crippen MR) is 92.5 cm³/mol. The maximum absolute atomic E-state index is 13.3. The van der Waals surface area contributed by atoms with E-state index in [9.17, 15) is 14.4 Å². The van der Waals surface area contributed by atoms with Crippen LogP contribution in [0.15, 0.2) is 24.3 Å². The van der Waals surface area contributed by atoms with E-state index in [-0.39, 0.29) is 24.1 Å². The lowest BCUT2D eigenvalue weighted by molar-refractivity contribution is -0.116. The minimum Gasteiger partial charge on any atom is -0.317 e. The summed E-state index contributed by atoms with van der Waals surface area (Å²) in [6, 6.07) is 8.52. The Morgan fingerprint density at radius 3 is 3.12 bits per heavy atom. The maximum atomic E-state index is 13.3. The Morgan fingerprint density at radius 2 is 2.38 bits per heavy atom. The number of hydrogen-bond acceptors (Lipinski definition) is 4. The highest BCUT2D eigenvalue weighted by Gasteiger charge is 2.22. The van der Waals surface area contributed by atoms with Gasteiger partial charge in [0.05, 0.1) is 5.56 Å². The van der Waals surface area contributed by atoms with E-state index in [1.165, 1.54) is 23.5 Å². The Morgan fingerprint density at radius 1 is 1.54 bits per heavy atom. The Bertz CT molecular complexity index is 809. The summed E-state index contributed by atoms with van der Waals surface area (Å²) in [5, 5.41) is 16.2. The summed E-state index contributed by atoms with van der Waals surface area (Å²) in [5.41, 5.74) is 2.43. The number of thiophene rings is 1. The van der Waals surface area contributed by atoms with E-state index in [1.54, 1.807) is 6.07 Å². The fourth-order valence-electron chi connectivity index (χ4n) is 2.93. The zero-order chi connectivity index (χ0) is 17.1. The third-order valence-electron chi connectivity index (χ3n) is 4.20. The number of nitriles is 1. The summed E-state index contributed by atoms with van der Waals surface area (Å²) < 4.78 is 13.3. The SMILES string of the molecule is CC(CC(=O)Nc1sc2c(c1C#N)CCNC2)c1cccc(F)c1. The Labute approximate surface area is 144 Å². The van der Waals surface area contributed by atoms with Gasteiger partial charge in [0, 0.05) is 17.8 Å². The number of benzene rings is 1. The van der Waals surface area contributed by atoms with Crippen LogP contribution in [0.25, 0.3) is 0 Å². The van der Waals surface area contributed by atoms with Crippen LogP contribution in [0, 0.1) is 17.1 Å². The molecule has 4 nitrogen and oxygen atoms in total. The molecule has 6 heteroatoms. The van der Waals surface area contributed by atoms with Crippen LogP contribution in [0.4, 0.5) is 9.39 Å². The number of halogens is 1. The molecule has 124 valence electrons. The van der Waals surface area contributed by atoms with E-state index in [1.807, 2.05) is 13.0 Å². The van der Waals surface area contributed by atoms with Gasteiger partial charge in [-0.1, -0.05) is 19.1 Å². The van der Waals surface area contributed by atoms with Gasteiger partial charge in [-0.2, -0.15) is 5.26 Å². The van der Waals surface area contributed by atoms with Crippen molar-refractivity contribution >= 4 is 22.2 Å². The van der Waals surface area contributed by atoms with Gasteiger partial charge in [-0.15, -0.1) is 11.3 Å². The van der Waals surface area contributed by atoms with Crippen molar-refractivity contribution in [1.82, 2.24) is 5.32 Å². The van der Waals surface area contributed by atoms with Crippen LogP contribution in [-0.4, -0.2) is 12.5 Å². The van der Waals surface area contributed by atoms with E-state index in [0.29, 0.717) is 10.6 Å². The topological polar surface area (TPSA) is 64.9 Å². The molecule has 0 radical (unpaired) electrons. The normalized spacial score (nSPS) is 14.5. The van der Waals surface area contributed by atoms with Crippen molar-refractivity contribution < 1.29 is 9.18 Å². The van der Waals surface area contributed by atoms with Crippen LogP contribution in [0.3, 0.4) is 0 Å². The largest absolute Gasteiger partial charge is 0.317 e. The van der Waals surface area contributed by atoms with Crippen LogP contribution < -0.4 is 10.6 Å². The number of fused-ring (bicyclic) bond motifs is 1. The molecule has 1 aromatic heterocycles. The first-order chi connectivity index (χ1) is 11.6. The lowest BCUT2D eigenvalue weighted by Gasteiger charge is -2.12. The van der Waals surface area contributed by atoms with Crippen molar-refractivity contribution in [3.8, 4) is 6.07 Å². The van der Waals surface area contributed by atoms with Gasteiger partial charge < -0.3 is 10.6 Å². The predicted octanol–water partition coefficient (Wildman–Crippen LogP) is 3.54. The smallest absolute Gasteiger partial charge is 0.225 e. The van der Waals surface area contributed by atoms with E-state index >= 15 is 0 Å². The summed E-state index contributed by atoms with van der Waals surface area (Å²) >= 11 is 1.46. The molecular formula is C18H18FN3OS. The zero-order valence-electron chi connectivity index (χ0n) is 13.4. The molecule has 1 aliphatic rings. The van der Waals surface area contributed by atoms with Gasteiger partial charge in [-0.3, -0.25) is 4.79 Å². The summed E-state index contributed by atoms with van der Waals surface area (Å²) in [6.07, 6.45) is 1.05. The minimum atomic E-state index is -0.301. The van der Waals surface area contributed by atoms with Crippen molar-refractivity contribution in [2.75, 3.05) is 11.9 Å². The zero-order valence-corrected chi connectivity index (χ0v) is 14.2. The monoisotopic (exact) mass is 343 g/mol. The first kappa shape index (κ1) is 16.6. The van der Waals surface area contributed by atoms with Gasteiger partial charge >= 0.3 is 0 Å². The number of amides is 1. The standard InChI is InChI=1S/C18H18FN3OS/c1-11(12-3-2-4-13(19)8-12)7-17(23)22-18-15(9-20)14-5-6-21-10-16(14)24-18/h2-4,8,11,21H,5-7,10H2,1H3,(H,22,23). The van der Waals surface area contributed by atoms with Crippen LogP contribution in [0.5, 0.6) is 0 Å². The second-order valence-electron chi connectivity index (χ2n) is 5.95. The molecule has 1 unspecified atom stereocenters. The molecule has 0 bridgehead atoms. The van der Waals surface area contributed by atoms with Crippen LogP contribution in [-0.2, 0) is 17.8 Å². The van der Waals surface area contributed by atoms with Gasteiger partial charge in [0.25, 0.3) is 0 Å². The van der Waals surface area contributed by atoms with E-state index in [0.717, 1.165) is 35.5 Å². The van der Waals surface area contributed by atoms with E-state index in [4.69, 9.17) is 0 Å². The Hall–Kier alpha value is -2.23. The van der Waals surface area contributed by atoms with Gasteiger partial charge in [0.2, 0.25) is 5.91 Å². The third-order valence-corrected chi connectivity index (χ3v) is 5.35. The van der Waals surface area contributed by atoms with Crippen LogP contribution in [0.1, 0.15) is 40.8 Å². The minimum absolute atomic E-state index is 0.0949. The molecule has 0 spiro atoms. The van der Waals surface area contributed by atoms with Crippen LogP contribution >= 0.6 is 11.3 Å². The molecule has 0 saturated carbocycles. The summed E-state index contributed by atoms with van der Waals surface area (Å²) in [5.74, 6) is -0.553. The van der Waals surface area contributed by atoms with Gasteiger partial charge in [0.1, 0.15) is 16.9 Å². The average molecular weight is 343 g/mol. The van der Waals surface area contributed by atoms with Crippen LogP contribution in [0.2, 0.25) is 0 Å². The van der Waals surface area contributed by atoms with Crippen molar-refractivity contribution in [2.45, 2.75) is 32.2 Å². The average Bonchev–Trinajstić information content (AvgIpc) is 2.91. The number of carbonyl (C=O) groups is 1. The number of hydrogen-bond donors (Lipinski definition) is 2. The molecule has 1 atom stereocenters. The molecule has 2 heterocycles. The molecule has 3 rings (SSSR count). The summed E-state index contributed by atoms with van der Waals surface area (Å²) in [6.45, 7) is 3.48. The quantitative estimate of drug-likeness (QED) is 0.892. The molecule has 1 amide bonds. The molecule has 0 saturated heterocycles. The number of nitrogens with zero attached hydrogens (tertiary/aromatic N) is 1. The van der Waals surface area contributed by atoms with E-state index < -0.39 is 0 Å². The number of nitrogens with one attached hydrogen (secondary N) is 2. The maximum Gasteiger partial charge on any atom is 0.225 e. The molecule has 0 fully saturated rings.